The van der Waals surface area contributed by atoms with Gasteiger partial charge in [0, 0.05) is 6.04 Å². The van der Waals surface area contributed by atoms with Crippen LogP contribution in [0.1, 0.15) is 19.8 Å². The minimum Gasteiger partial charge on any atom is -0.322 e. The number of likely N-dealkylation sites (tertiary alicyclic amines) is 1. The molecular formula is C9H13N3O. The van der Waals surface area contributed by atoms with Crippen molar-refractivity contribution >= 4 is 5.91 Å². The van der Waals surface area contributed by atoms with E-state index in [-0.39, 0.29) is 11.9 Å². The predicted octanol–water partition coefficient (Wildman–Crippen LogP) is -0.153. The quantitative estimate of drug-likeness (QED) is 0.608. The molecule has 1 aliphatic heterocycles. The summed E-state index contributed by atoms with van der Waals surface area (Å²) in [6.07, 6.45) is 1.91. The average molecular weight is 179 g/mol. The van der Waals surface area contributed by atoms with Gasteiger partial charge in [-0.15, -0.1) is 0 Å². The number of carbonyl (C=O) groups excluding carboxylic acids is 1. The summed E-state index contributed by atoms with van der Waals surface area (Å²) >= 11 is 0. The van der Waals surface area contributed by atoms with E-state index < -0.39 is 6.04 Å². The lowest BCUT2D eigenvalue weighted by Crippen LogP contribution is -2.46. The third kappa shape index (κ3) is 1.20. The number of hydrogen-bond acceptors (Lipinski definition) is 3. The third-order valence-electron chi connectivity index (χ3n) is 2.90. The van der Waals surface area contributed by atoms with Crippen LogP contribution in [0.5, 0.6) is 0 Å². The standard InChI is InChI=1S/C9H13N3O/c1-5(11)9(13)12-7(4-10)2-6-3-8(6)12/h5-8H,2-3,11H2,1H3/t5-,6?,7?,8?/m0/s1. The fourth-order valence-electron chi connectivity index (χ4n) is 2.12. The zero-order valence-electron chi connectivity index (χ0n) is 7.60. The molecule has 0 radical (unpaired) electrons. The fraction of sp³-hybridized carbons (Fsp3) is 0.778. The van der Waals surface area contributed by atoms with E-state index >= 15 is 0 Å². The minimum absolute atomic E-state index is 0.0726. The number of nitriles is 1. The van der Waals surface area contributed by atoms with E-state index in [1.807, 2.05) is 0 Å². The van der Waals surface area contributed by atoms with Gasteiger partial charge < -0.3 is 10.6 Å². The molecule has 1 aliphatic carbocycles. The number of rotatable bonds is 1. The second-order valence-corrected chi connectivity index (χ2v) is 3.98. The number of piperidine rings is 1. The van der Waals surface area contributed by atoms with Gasteiger partial charge >= 0.3 is 0 Å². The first kappa shape index (κ1) is 8.52. The van der Waals surface area contributed by atoms with Gasteiger partial charge in [0.15, 0.2) is 0 Å². The van der Waals surface area contributed by atoms with Crippen LogP contribution < -0.4 is 5.73 Å². The molecule has 0 aromatic carbocycles. The number of amides is 1. The SMILES string of the molecule is C[C@H](N)C(=O)N1C(C#N)CC2CC21. The summed E-state index contributed by atoms with van der Waals surface area (Å²) in [5.74, 6) is 0.504. The van der Waals surface area contributed by atoms with Gasteiger partial charge in [-0.3, -0.25) is 4.79 Å². The summed E-state index contributed by atoms with van der Waals surface area (Å²) in [6.45, 7) is 1.67. The van der Waals surface area contributed by atoms with Gasteiger partial charge in [-0.1, -0.05) is 0 Å². The topological polar surface area (TPSA) is 70.1 Å². The van der Waals surface area contributed by atoms with Gasteiger partial charge in [0.1, 0.15) is 6.04 Å². The third-order valence-corrected chi connectivity index (χ3v) is 2.90. The summed E-state index contributed by atoms with van der Waals surface area (Å²) in [6, 6.07) is 1.79. The Kier molecular flexibility index (Phi) is 1.77. The monoisotopic (exact) mass is 179 g/mol. The van der Waals surface area contributed by atoms with E-state index in [2.05, 4.69) is 6.07 Å². The van der Waals surface area contributed by atoms with Crippen LogP contribution in [0.4, 0.5) is 0 Å². The maximum Gasteiger partial charge on any atom is 0.240 e. The summed E-state index contributed by atoms with van der Waals surface area (Å²) in [5, 5.41) is 8.82. The lowest BCUT2D eigenvalue weighted by molar-refractivity contribution is -0.133. The molecule has 2 rings (SSSR count). The Hall–Kier alpha value is -1.08. The van der Waals surface area contributed by atoms with E-state index in [1.165, 1.54) is 0 Å². The highest BCUT2D eigenvalue weighted by Crippen LogP contribution is 2.47. The molecule has 4 heteroatoms. The van der Waals surface area contributed by atoms with Crippen molar-refractivity contribution in [3.63, 3.8) is 0 Å². The first-order valence-electron chi connectivity index (χ1n) is 4.62. The molecular weight excluding hydrogens is 166 g/mol. The Morgan fingerprint density at radius 2 is 2.38 bits per heavy atom. The Morgan fingerprint density at radius 3 is 2.92 bits per heavy atom. The number of nitrogens with two attached hydrogens (primary N) is 1. The molecule has 0 aromatic heterocycles. The molecule has 1 saturated heterocycles. The van der Waals surface area contributed by atoms with Crippen LogP contribution in [0.25, 0.3) is 0 Å². The van der Waals surface area contributed by atoms with E-state index in [9.17, 15) is 4.79 Å². The maximum absolute atomic E-state index is 11.6. The lowest BCUT2D eigenvalue weighted by Gasteiger charge is -2.24. The molecule has 2 aliphatic rings. The van der Waals surface area contributed by atoms with E-state index in [0.717, 1.165) is 12.8 Å². The zero-order valence-corrected chi connectivity index (χ0v) is 7.60. The van der Waals surface area contributed by atoms with Crippen molar-refractivity contribution < 1.29 is 4.79 Å². The van der Waals surface area contributed by atoms with Gasteiger partial charge in [0.05, 0.1) is 12.1 Å². The van der Waals surface area contributed by atoms with Gasteiger partial charge in [-0.25, -0.2) is 0 Å². The Labute approximate surface area is 77.3 Å². The maximum atomic E-state index is 11.6. The van der Waals surface area contributed by atoms with Crippen molar-refractivity contribution in [2.24, 2.45) is 11.7 Å². The van der Waals surface area contributed by atoms with Crippen molar-refractivity contribution in [2.45, 2.75) is 37.9 Å². The molecule has 1 heterocycles. The number of hydrogen-bond donors (Lipinski definition) is 1. The molecule has 70 valence electrons. The Bertz CT molecular complexity index is 281. The first-order chi connectivity index (χ1) is 6.15. The molecule has 13 heavy (non-hydrogen) atoms. The normalized spacial score (nSPS) is 37.9. The summed E-state index contributed by atoms with van der Waals surface area (Å²) in [5.41, 5.74) is 5.51. The largest absolute Gasteiger partial charge is 0.322 e. The van der Waals surface area contributed by atoms with Gasteiger partial charge in [0.2, 0.25) is 5.91 Å². The highest BCUT2D eigenvalue weighted by molar-refractivity contribution is 5.83. The number of nitrogens with zero attached hydrogens (tertiary/aromatic N) is 2. The smallest absolute Gasteiger partial charge is 0.240 e. The van der Waals surface area contributed by atoms with Crippen molar-refractivity contribution in [1.29, 1.82) is 5.26 Å². The molecule has 0 bridgehead atoms. The second kappa shape index (κ2) is 2.71. The van der Waals surface area contributed by atoms with Crippen LogP contribution in [-0.2, 0) is 4.79 Å². The summed E-state index contributed by atoms with van der Waals surface area (Å²) in [7, 11) is 0. The van der Waals surface area contributed by atoms with Crippen LogP contribution in [0, 0.1) is 17.2 Å². The number of fused-ring (bicyclic) bond motifs is 1. The zero-order chi connectivity index (χ0) is 9.59. The highest BCUT2D eigenvalue weighted by atomic mass is 16.2. The molecule has 3 unspecified atom stereocenters. The predicted molar refractivity (Wildman–Crippen MR) is 46.4 cm³/mol. The number of carbonyl (C=O) groups is 1. The van der Waals surface area contributed by atoms with Crippen molar-refractivity contribution in [3.05, 3.63) is 0 Å². The van der Waals surface area contributed by atoms with E-state index in [0.29, 0.717) is 12.0 Å². The Morgan fingerprint density at radius 1 is 1.69 bits per heavy atom. The molecule has 4 atom stereocenters. The fourth-order valence-corrected chi connectivity index (χ4v) is 2.12. The molecule has 1 saturated carbocycles. The van der Waals surface area contributed by atoms with Crippen molar-refractivity contribution in [2.75, 3.05) is 0 Å². The van der Waals surface area contributed by atoms with Crippen LogP contribution in [0.15, 0.2) is 0 Å². The van der Waals surface area contributed by atoms with Crippen LogP contribution in [0.2, 0.25) is 0 Å². The summed E-state index contributed by atoms with van der Waals surface area (Å²) in [4.78, 5) is 13.3. The van der Waals surface area contributed by atoms with Gasteiger partial charge in [-0.2, -0.15) is 5.26 Å². The van der Waals surface area contributed by atoms with Crippen molar-refractivity contribution in [1.82, 2.24) is 4.90 Å². The van der Waals surface area contributed by atoms with Gasteiger partial charge in [-0.05, 0) is 25.7 Å². The highest BCUT2D eigenvalue weighted by Gasteiger charge is 2.54. The lowest BCUT2D eigenvalue weighted by atomic mass is 10.2. The second-order valence-electron chi connectivity index (χ2n) is 3.98. The van der Waals surface area contributed by atoms with E-state index in [4.69, 9.17) is 11.0 Å². The van der Waals surface area contributed by atoms with E-state index in [1.54, 1.807) is 11.8 Å². The molecule has 2 N–H and O–H groups in total. The Balaban J connectivity index is 2.13. The molecule has 4 nitrogen and oxygen atoms in total. The van der Waals surface area contributed by atoms with Crippen LogP contribution in [0.3, 0.4) is 0 Å². The first-order valence-corrected chi connectivity index (χ1v) is 4.62. The molecule has 1 amide bonds. The van der Waals surface area contributed by atoms with Crippen LogP contribution >= 0.6 is 0 Å². The summed E-state index contributed by atoms with van der Waals surface area (Å²) < 4.78 is 0. The van der Waals surface area contributed by atoms with Gasteiger partial charge in [0.25, 0.3) is 0 Å². The average Bonchev–Trinajstić information content (AvgIpc) is 2.76. The minimum atomic E-state index is -0.477. The molecule has 0 aromatic rings. The van der Waals surface area contributed by atoms with Crippen LogP contribution in [-0.4, -0.2) is 28.9 Å². The molecule has 0 spiro atoms. The molecule has 2 fully saturated rings. The van der Waals surface area contributed by atoms with Crippen molar-refractivity contribution in [3.8, 4) is 6.07 Å².